The highest BCUT2D eigenvalue weighted by atomic mass is 32.2. The zero-order valence-corrected chi connectivity index (χ0v) is 16.2. The summed E-state index contributed by atoms with van der Waals surface area (Å²) in [6.07, 6.45) is 1.40. The van der Waals surface area contributed by atoms with E-state index >= 15 is 0 Å². The number of thioether (sulfide) groups is 1. The van der Waals surface area contributed by atoms with E-state index in [-0.39, 0.29) is 30.0 Å². The van der Waals surface area contributed by atoms with Crippen LogP contribution in [-0.4, -0.2) is 42.7 Å². The molecule has 0 fully saturated rings. The third kappa shape index (κ3) is 4.78. The smallest absolute Gasteiger partial charge is 0.361 e. The zero-order chi connectivity index (χ0) is 20.5. The van der Waals surface area contributed by atoms with Crippen molar-refractivity contribution in [2.45, 2.75) is 57.7 Å². The number of nitrogens with zero attached hydrogens (tertiary/aromatic N) is 4. The van der Waals surface area contributed by atoms with Crippen LogP contribution < -0.4 is 11.0 Å². The second-order valence-corrected chi connectivity index (χ2v) is 7.68. The molecular formula is C16H20F3N5O3S. The second-order valence-electron chi connectivity index (χ2n) is 6.64. The number of alkyl halides is 3. The molecule has 1 aliphatic rings. The van der Waals surface area contributed by atoms with Crippen molar-refractivity contribution >= 4 is 17.7 Å². The third-order valence-corrected chi connectivity index (χ3v) is 5.37. The molecule has 1 unspecified atom stereocenters. The standard InChI is InChI=1S/C16H20F3N5O3S/c1-9-12(10(2)27-22-9)7-24-15(26)23-6-5-11(3-4-13(23)21-24)20-14(25)8-28-16(17,18)19/h11H,3-8H2,1-2H3,(H,20,25). The Morgan fingerprint density at radius 2 is 2.11 bits per heavy atom. The average Bonchev–Trinajstić information content (AvgIpc) is 3.00. The molecular weight excluding hydrogens is 399 g/mol. The van der Waals surface area contributed by atoms with Crippen LogP contribution in [0.2, 0.25) is 0 Å². The van der Waals surface area contributed by atoms with Gasteiger partial charge in [-0.2, -0.15) is 18.3 Å². The highest BCUT2D eigenvalue weighted by molar-refractivity contribution is 8.00. The average molecular weight is 419 g/mol. The van der Waals surface area contributed by atoms with Crippen molar-refractivity contribution in [3.05, 3.63) is 33.3 Å². The Kier molecular flexibility index (Phi) is 5.87. The monoisotopic (exact) mass is 419 g/mol. The summed E-state index contributed by atoms with van der Waals surface area (Å²) in [6.45, 7) is 4.16. The number of halogens is 3. The van der Waals surface area contributed by atoms with E-state index in [1.807, 2.05) is 0 Å². The van der Waals surface area contributed by atoms with Crippen LogP contribution in [0.3, 0.4) is 0 Å². The Hall–Kier alpha value is -2.24. The van der Waals surface area contributed by atoms with Crippen molar-refractivity contribution in [3.63, 3.8) is 0 Å². The fourth-order valence-electron chi connectivity index (χ4n) is 3.17. The third-order valence-electron chi connectivity index (χ3n) is 4.64. The number of hydrogen-bond donors (Lipinski definition) is 1. The second kappa shape index (κ2) is 8.02. The molecule has 154 valence electrons. The van der Waals surface area contributed by atoms with Crippen LogP contribution in [0.1, 0.15) is 35.7 Å². The van der Waals surface area contributed by atoms with E-state index in [1.54, 1.807) is 18.4 Å². The van der Waals surface area contributed by atoms with Crippen LogP contribution in [-0.2, 0) is 24.3 Å². The summed E-state index contributed by atoms with van der Waals surface area (Å²) < 4.78 is 44.6. The minimum atomic E-state index is -4.44. The lowest BCUT2D eigenvalue weighted by atomic mass is 10.1. The maximum absolute atomic E-state index is 12.7. The molecule has 0 bridgehead atoms. The van der Waals surface area contributed by atoms with E-state index in [4.69, 9.17) is 4.52 Å². The maximum Gasteiger partial charge on any atom is 0.442 e. The molecule has 0 saturated carbocycles. The summed E-state index contributed by atoms with van der Waals surface area (Å²) in [5, 5.41) is 10.9. The molecule has 1 N–H and O–H groups in total. The van der Waals surface area contributed by atoms with Crippen LogP contribution >= 0.6 is 11.8 Å². The predicted molar refractivity (Wildman–Crippen MR) is 94.9 cm³/mol. The summed E-state index contributed by atoms with van der Waals surface area (Å²) in [5.74, 6) is -0.109. The lowest BCUT2D eigenvalue weighted by Gasteiger charge is -2.16. The van der Waals surface area contributed by atoms with Gasteiger partial charge in [-0.25, -0.2) is 9.48 Å². The van der Waals surface area contributed by atoms with Crippen LogP contribution in [0.15, 0.2) is 9.32 Å². The van der Waals surface area contributed by atoms with Gasteiger partial charge in [-0.3, -0.25) is 9.36 Å². The number of carbonyl (C=O) groups excluding carboxylic acids is 1. The normalized spacial score (nSPS) is 17.2. The molecule has 1 atom stereocenters. The van der Waals surface area contributed by atoms with E-state index in [0.29, 0.717) is 43.1 Å². The van der Waals surface area contributed by atoms with Gasteiger partial charge in [-0.15, -0.1) is 0 Å². The lowest BCUT2D eigenvalue weighted by Crippen LogP contribution is -2.37. The van der Waals surface area contributed by atoms with Crippen LogP contribution in [0, 0.1) is 13.8 Å². The summed E-state index contributed by atoms with van der Waals surface area (Å²) in [4.78, 5) is 24.4. The molecule has 2 aromatic heterocycles. The lowest BCUT2D eigenvalue weighted by molar-refractivity contribution is -0.119. The summed E-state index contributed by atoms with van der Waals surface area (Å²) in [6, 6.07) is -0.293. The van der Waals surface area contributed by atoms with Crippen LogP contribution in [0.4, 0.5) is 13.2 Å². The highest BCUT2D eigenvalue weighted by Gasteiger charge is 2.30. The Morgan fingerprint density at radius 3 is 2.75 bits per heavy atom. The summed E-state index contributed by atoms with van der Waals surface area (Å²) in [7, 11) is 0. The van der Waals surface area contributed by atoms with Gasteiger partial charge in [-0.1, -0.05) is 5.16 Å². The van der Waals surface area contributed by atoms with Gasteiger partial charge in [-0.05, 0) is 38.5 Å². The van der Waals surface area contributed by atoms with E-state index < -0.39 is 17.2 Å². The Balaban J connectivity index is 1.62. The van der Waals surface area contributed by atoms with Crippen molar-refractivity contribution in [3.8, 4) is 0 Å². The fraction of sp³-hybridized carbons (Fsp3) is 0.625. The van der Waals surface area contributed by atoms with Gasteiger partial charge in [0.15, 0.2) is 0 Å². The van der Waals surface area contributed by atoms with Crippen molar-refractivity contribution in [1.29, 1.82) is 0 Å². The number of aromatic nitrogens is 4. The van der Waals surface area contributed by atoms with Crippen LogP contribution in [0.5, 0.6) is 0 Å². The van der Waals surface area contributed by atoms with Gasteiger partial charge in [0.1, 0.15) is 11.6 Å². The van der Waals surface area contributed by atoms with Gasteiger partial charge < -0.3 is 9.84 Å². The number of nitrogens with one attached hydrogen (secondary N) is 1. The zero-order valence-electron chi connectivity index (χ0n) is 15.4. The van der Waals surface area contributed by atoms with E-state index in [2.05, 4.69) is 15.6 Å². The molecule has 2 aromatic rings. The number of amides is 1. The van der Waals surface area contributed by atoms with Gasteiger partial charge >= 0.3 is 11.2 Å². The molecule has 1 amide bonds. The minimum Gasteiger partial charge on any atom is -0.361 e. The van der Waals surface area contributed by atoms with E-state index in [9.17, 15) is 22.8 Å². The number of hydrogen-bond acceptors (Lipinski definition) is 6. The van der Waals surface area contributed by atoms with Gasteiger partial charge in [0, 0.05) is 24.6 Å². The van der Waals surface area contributed by atoms with Crippen molar-refractivity contribution in [1.82, 2.24) is 24.8 Å². The molecule has 12 heteroatoms. The first-order valence-electron chi connectivity index (χ1n) is 8.72. The molecule has 0 saturated heterocycles. The summed E-state index contributed by atoms with van der Waals surface area (Å²) in [5.41, 5.74) is -3.20. The Bertz CT molecular complexity index is 898. The molecule has 0 spiro atoms. The molecule has 0 radical (unpaired) electrons. The van der Waals surface area contributed by atoms with Crippen LogP contribution in [0.25, 0.3) is 0 Å². The van der Waals surface area contributed by atoms with Gasteiger partial charge in [0.2, 0.25) is 5.91 Å². The molecule has 0 aliphatic carbocycles. The van der Waals surface area contributed by atoms with Crippen molar-refractivity contribution in [2.24, 2.45) is 0 Å². The maximum atomic E-state index is 12.7. The fourth-order valence-corrected chi connectivity index (χ4v) is 3.55. The predicted octanol–water partition coefficient (Wildman–Crippen LogP) is 1.77. The Labute approximate surface area is 162 Å². The molecule has 3 rings (SSSR count). The van der Waals surface area contributed by atoms with Crippen molar-refractivity contribution in [2.75, 3.05) is 5.75 Å². The molecule has 8 nitrogen and oxygen atoms in total. The van der Waals surface area contributed by atoms with Crippen molar-refractivity contribution < 1.29 is 22.5 Å². The van der Waals surface area contributed by atoms with E-state index in [1.165, 1.54) is 4.68 Å². The topological polar surface area (TPSA) is 94.9 Å². The number of carbonyl (C=O) groups is 1. The highest BCUT2D eigenvalue weighted by Crippen LogP contribution is 2.29. The van der Waals surface area contributed by atoms with Gasteiger partial charge in [0.25, 0.3) is 0 Å². The summed E-state index contributed by atoms with van der Waals surface area (Å²) >= 11 is -0.363. The SMILES string of the molecule is Cc1noc(C)c1Cn1nc2n(c1=O)CCC(NC(=O)CSC(F)(F)F)CC2. The largest absolute Gasteiger partial charge is 0.442 e. The number of aryl methyl sites for hydroxylation is 3. The first kappa shape index (κ1) is 20.5. The first-order chi connectivity index (χ1) is 13.1. The molecule has 1 aliphatic heterocycles. The minimum absolute atomic E-state index is 0.259. The Morgan fingerprint density at radius 1 is 1.36 bits per heavy atom. The molecule has 28 heavy (non-hydrogen) atoms. The molecule has 0 aromatic carbocycles. The first-order valence-corrected chi connectivity index (χ1v) is 9.71. The number of fused-ring (bicyclic) bond motifs is 1. The van der Waals surface area contributed by atoms with E-state index in [0.717, 1.165) is 5.56 Å². The molecule has 3 heterocycles. The van der Waals surface area contributed by atoms with Gasteiger partial charge in [0.05, 0.1) is 18.0 Å². The quantitative estimate of drug-likeness (QED) is 0.794. The number of rotatable bonds is 5.